The van der Waals surface area contributed by atoms with E-state index >= 15 is 0 Å². The van der Waals surface area contributed by atoms with Gasteiger partial charge in [-0.3, -0.25) is 4.79 Å². The number of unbranched alkanes of at least 4 members (excludes halogenated alkanes) is 2. The van der Waals surface area contributed by atoms with E-state index in [1.54, 1.807) is 23.3 Å². The molecule has 2 N–H and O–H groups in total. The maximum absolute atomic E-state index is 11.8. The minimum Gasteiger partial charge on any atom is -0.481 e. The van der Waals surface area contributed by atoms with E-state index in [0.717, 1.165) is 22.2 Å². The molecule has 0 bridgehead atoms. The lowest BCUT2D eigenvalue weighted by Crippen LogP contribution is -2.37. The maximum atomic E-state index is 11.8. The van der Waals surface area contributed by atoms with Crippen molar-refractivity contribution < 1.29 is 14.7 Å². The first kappa shape index (κ1) is 17.0. The normalized spacial score (nSPS) is 10.3. The van der Waals surface area contributed by atoms with Crippen LogP contribution in [0, 0.1) is 0 Å². The zero-order chi connectivity index (χ0) is 15.0. The highest BCUT2D eigenvalue weighted by Gasteiger charge is 2.09. The summed E-state index contributed by atoms with van der Waals surface area (Å²) in [5.41, 5.74) is 0. The molecule has 1 aromatic heterocycles. The summed E-state index contributed by atoms with van der Waals surface area (Å²) in [5.74, 6) is -0.768. The van der Waals surface area contributed by atoms with E-state index in [2.05, 4.69) is 21.2 Å². The fourth-order valence-electron chi connectivity index (χ4n) is 1.65. The number of hydrogen-bond acceptors (Lipinski definition) is 3. The molecule has 2 amide bonds. The standard InChI is InChI=1S/C13H19BrN2O3S/c1-16(8-11-7-10(14)9-20-11)13(19)15-6-4-2-3-5-12(17)18/h7,9H,2-6,8H2,1H3,(H,15,19)(H,17,18). The van der Waals surface area contributed by atoms with Crippen molar-refractivity contribution in [2.75, 3.05) is 13.6 Å². The molecule has 0 radical (unpaired) electrons. The number of thiophene rings is 1. The molecule has 1 aromatic rings. The summed E-state index contributed by atoms with van der Waals surface area (Å²) in [5, 5.41) is 13.3. The number of carboxylic acid groups (broad SMARTS) is 1. The van der Waals surface area contributed by atoms with Crippen molar-refractivity contribution in [3.63, 3.8) is 0 Å². The van der Waals surface area contributed by atoms with Crippen molar-refractivity contribution in [1.82, 2.24) is 10.2 Å². The second kappa shape index (κ2) is 8.97. The number of aliphatic carboxylic acids is 1. The number of amides is 2. The second-order valence-corrected chi connectivity index (χ2v) is 6.44. The third-order valence-electron chi connectivity index (χ3n) is 2.71. The Morgan fingerprint density at radius 2 is 2.15 bits per heavy atom. The molecule has 112 valence electrons. The minimum absolute atomic E-state index is 0.104. The van der Waals surface area contributed by atoms with Crippen LogP contribution in [0.2, 0.25) is 0 Å². The number of nitrogens with one attached hydrogen (secondary N) is 1. The number of carbonyl (C=O) groups is 2. The first-order valence-corrected chi connectivity index (χ1v) is 8.10. The van der Waals surface area contributed by atoms with E-state index in [1.165, 1.54) is 0 Å². The number of carboxylic acids is 1. The molecular weight excluding hydrogens is 344 g/mol. The van der Waals surface area contributed by atoms with Gasteiger partial charge in [-0.1, -0.05) is 6.42 Å². The number of hydrogen-bond donors (Lipinski definition) is 2. The Morgan fingerprint density at radius 3 is 2.75 bits per heavy atom. The van der Waals surface area contributed by atoms with E-state index in [4.69, 9.17) is 5.11 Å². The van der Waals surface area contributed by atoms with Gasteiger partial charge in [0, 0.05) is 34.7 Å². The second-order valence-electron chi connectivity index (χ2n) is 4.52. The maximum Gasteiger partial charge on any atom is 0.317 e. The summed E-state index contributed by atoms with van der Waals surface area (Å²) < 4.78 is 1.03. The molecule has 5 nitrogen and oxygen atoms in total. The van der Waals surface area contributed by atoms with Gasteiger partial charge in [0.15, 0.2) is 0 Å². The lowest BCUT2D eigenvalue weighted by molar-refractivity contribution is -0.137. The predicted octanol–water partition coefficient (Wildman–Crippen LogP) is 3.30. The van der Waals surface area contributed by atoms with Crippen LogP contribution in [-0.2, 0) is 11.3 Å². The molecule has 7 heteroatoms. The van der Waals surface area contributed by atoms with Gasteiger partial charge < -0.3 is 15.3 Å². The Bertz CT molecular complexity index is 451. The van der Waals surface area contributed by atoms with Gasteiger partial charge >= 0.3 is 12.0 Å². The highest BCUT2D eigenvalue weighted by molar-refractivity contribution is 9.10. The summed E-state index contributed by atoms with van der Waals surface area (Å²) in [6.45, 7) is 1.16. The van der Waals surface area contributed by atoms with Crippen molar-refractivity contribution >= 4 is 39.3 Å². The molecule has 0 aromatic carbocycles. The van der Waals surface area contributed by atoms with Gasteiger partial charge in [0.25, 0.3) is 0 Å². The zero-order valence-corrected chi connectivity index (χ0v) is 13.8. The van der Waals surface area contributed by atoms with Crippen molar-refractivity contribution in [2.24, 2.45) is 0 Å². The van der Waals surface area contributed by atoms with Crippen LogP contribution in [0.25, 0.3) is 0 Å². The Balaban J connectivity index is 2.14. The SMILES string of the molecule is CN(Cc1cc(Br)cs1)C(=O)NCCCCCC(=O)O. The van der Waals surface area contributed by atoms with Crippen LogP contribution >= 0.6 is 27.3 Å². The number of carbonyl (C=O) groups excluding carboxylic acids is 1. The third-order valence-corrected chi connectivity index (χ3v) is 4.39. The topological polar surface area (TPSA) is 69.6 Å². The van der Waals surface area contributed by atoms with Crippen molar-refractivity contribution in [3.8, 4) is 0 Å². The van der Waals surface area contributed by atoms with Crippen LogP contribution in [0.15, 0.2) is 15.9 Å². The Kier molecular flexibility index (Phi) is 7.61. The van der Waals surface area contributed by atoms with Crippen molar-refractivity contribution in [2.45, 2.75) is 32.2 Å². The smallest absolute Gasteiger partial charge is 0.317 e. The van der Waals surface area contributed by atoms with Gasteiger partial charge in [-0.05, 0) is 34.8 Å². The number of nitrogens with zero attached hydrogens (tertiary/aromatic N) is 1. The molecule has 0 aliphatic carbocycles. The highest BCUT2D eigenvalue weighted by Crippen LogP contribution is 2.20. The van der Waals surface area contributed by atoms with Gasteiger partial charge in [0.05, 0.1) is 6.54 Å². The molecule has 0 spiro atoms. The van der Waals surface area contributed by atoms with Crippen LogP contribution < -0.4 is 5.32 Å². The lowest BCUT2D eigenvalue weighted by Gasteiger charge is -2.17. The average Bonchev–Trinajstić information content (AvgIpc) is 2.78. The lowest BCUT2D eigenvalue weighted by atomic mass is 10.2. The molecule has 0 atom stereocenters. The predicted molar refractivity (Wildman–Crippen MR) is 83.0 cm³/mol. The molecule has 0 unspecified atom stereocenters. The fraction of sp³-hybridized carbons (Fsp3) is 0.538. The summed E-state index contributed by atoms with van der Waals surface area (Å²) in [4.78, 5) is 24.9. The zero-order valence-electron chi connectivity index (χ0n) is 11.4. The van der Waals surface area contributed by atoms with Crippen LogP contribution in [0.4, 0.5) is 4.79 Å². The average molecular weight is 363 g/mol. The molecular formula is C13H19BrN2O3S. The summed E-state index contributed by atoms with van der Waals surface area (Å²) in [7, 11) is 1.76. The molecule has 0 aliphatic rings. The van der Waals surface area contributed by atoms with E-state index in [9.17, 15) is 9.59 Å². The number of urea groups is 1. The van der Waals surface area contributed by atoms with Crippen molar-refractivity contribution in [1.29, 1.82) is 0 Å². The molecule has 0 fully saturated rings. The fourth-order valence-corrected chi connectivity index (χ4v) is 3.15. The first-order chi connectivity index (χ1) is 9.49. The van der Waals surface area contributed by atoms with Crippen LogP contribution in [-0.4, -0.2) is 35.6 Å². The van der Waals surface area contributed by atoms with Crippen LogP contribution in [0.1, 0.15) is 30.6 Å². The number of halogens is 1. The van der Waals surface area contributed by atoms with Gasteiger partial charge in [0.2, 0.25) is 0 Å². The molecule has 20 heavy (non-hydrogen) atoms. The largest absolute Gasteiger partial charge is 0.481 e. The van der Waals surface area contributed by atoms with E-state index in [1.807, 2.05) is 11.4 Å². The molecule has 0 saturated heterocycles. The highest BCUT2D eigenvalue weighted by atomic mass is 79.9. The van der Waals surface area contributed by atoms with Crippen LogP contribution in [0.3, 0.4) is 0 Å². The van der Waals surface area contributed by atoms with Gasteiger partial charge in [-0.15, -0.1) is 11.3 Å². The van der Waals surface area contributed by atoms with Gasteiger partial charge in [0.1, 0.15) is 0 Å². The first-order valence-electron chi connectivity index (χ1n) is 6.42. The minimum atomic E-state index is -0.768. The number of rotatable bonds is 8. The van der Waals surface area contributed by atoms with E-state index in [-0.39, 0.29) is 12.5 Å². The Labute approximate surface area is 131 Å². The summed E-state index contributed by atoms with van der Waals surface area (Å²) in [6.07, 6.45) is 2.47. The van der Waals surface area contributed by atoms with Crippen molar-refractivity contribution in [3.05, 3.63) is 20.8 Å². The molecule has 0 aliphatic heterocycles. The molecule has 1 heterocycles. The van der Waals surface area contributed by atoms with Gasteiger partial charge in [-0.25, -0.2) is 4.79 Å². The monoisotopic (exact) mass is 362 g/mol. The van der Waals surface area contributed by atoms with E-state index < -0.39 is 5.97 Å². The third kappa shape index (κ3) is 6.91. The summed E-state index contributed by atoms with van der Waals surface area (Å²) in [6, 6.07) is 1.90. The molecule has 0 saturated carbocycles. The van der Waals surface area contributed by atoms with E-state index in [0.29, 0.717) is 19.5 Å². The Morgan fingerprint density at radius 1 is 1.40 bits per heavy atom. The summed E-state index contributed by atoms with van der Waals surface area (Å²) >= 11 is 4.99. The van der Waals surface area contributed by atoms with Gasteiger partial charge in [-0.2, -0.15) is 0 Å². The quantitative estimate of drug-likeness (QED) is 0.697. The van der Waals surface area contributed by atoms with Crippen LogP contribution in [0.5, 0.6) is 0 Å². The Hall–Kier alpha value is -1.08. The molecule has 1 rings (SSSR count).